The zero-order valence-electron chi connectivity index (χ0n) is 13.1. The number of aliphatic hydroxyl groups excluding tert-OH is 1. The van der Waals surface area contributed by atoms with Crippen LogP contribution in [0.2, 0.25) is 0 Å². The lowest BCUT2D eigenvalue weighted by Gasteiger charge is -2.20. The van der Waals surface area contributed by atoms with Crippen LogP contribution < -0.4 is 4.74 Å². The molecule has 1 N–H and O–H groups in total. The van der Waals surface area contributed by atoms with Crippen LogP contribution in [0.1, 0.15) is 10.4 Å². The molecule has 2 aromatic rings. The molecule has 1 heterocycles. The van der Waals surface area contributed by atoms with Crippen LogP contribution in [0.25, 0.3) is 0 Å². The van der Waals surface area contributed by atoms with Gasteiger partial charge in [-0.1, -0.05) is 18.2 Å². The molecule has 1 unspecified atom stereocenters. The fraction of sp³-hybridized carbons (Fsp3) is 0.412. The van der Waals surface area contributed by atoms with Crippen molar-refractivity contribution in [3.05, 3.63) is 52.2 Å². The molecule has 22 heavy (non-hydrogen) atoms. The topological polar surface area (TPSA) is 41.9 Å². The zero-order valence-corrected chi connectivity index (χ0v) is 13.9. The molecular formula is C17H23NO3S. The zero-order chi connectivity index (χ0) is 15.8. The normalized spacial score (nSPS) is 12.5. The first-order chi connectivity index (χ1) is 10.7. The van der Waals surface area contributed by atoms with E-state index in [1.165, 1.54) is 4.88 Å². The Balaban J connectivity index is 1.65. The summed E-state index contributed by atoms with van der Waals surface area (Å²) in [5, 5.41) is 12.1. The van der Waals surface area contributed by atoms with E-state index in [1.807, 2.05) is 37.4 Å². The largest absolute Gasteiger partial charge is 0.497 e. The molecule has 0 fully saturated rings. The highest BCUT2D eigenvalue weighted by Gasteiger charge is 2.09. The highest BCUT2D eigenvalue weighted by Crippen LogP contribution is 2.13. The number of methoxy groups -OCH3 is 1. The van der Waals surface area contributed by atoms with Crippen molar-refractivity contribution in [3.63, 3.8) is 0 Å². The molecule has 1 aromatic carbocycles. The molecule has 0 spiro atoms. The summed E-state index contributed by atoms with van der Waals surface area (Å²) in [5.41, 5.74) is 1.07. The average molecular weight is 321 g/mol. The van der Waals surface area contributed by atoms with Gasteiger partial charge in [0.25, 0.3) is 0 Å². The van der Waals surface area contributed by atoms with Crippen molar-refractivity contribution < 1.29 is 14.6 Å². The van der Waals surface area contributed by atoms with Crippen molar-refractivity contribution in [2.24, 2.45) is 0 Å². The molecule has 0 aliphatic rings. The van der Waals surface area contributed by atoms with E-state index in [0.29, 0.717) is 19.8 Å². The maximum absolute atomic E-state index is 10.0. The van der Waals surface area contributed by atoms with E-state index in [1.54, 1.807) is 18.4 Å². The van der Waals surface area contributed by atoms with Crippen LogP contribution in [0, 0.1) is 0 Å². The van der Waals surface area contributed by atoms with E-state index < -0.39 is 6.10 Å². The van der Waals surface area contributed by atoms with Gasteiger partial charge in [-0.2, -0.15) is 0 Å². The third-order valence-electron chi connectivity index (χ3n) is 3.27. The van der Waals surface area contributed by atoms with E-state index in [4.69, 9.17) is 9.47 Å². The van der Waals surface area contributed by atoms with E-state index in [0.717, 1.165) is 17.9 Å². The van der Waals surface area contributed by atoms with Crippen LogP contribution >= 0.6 is 11.3 Å². The van der Waals surface area contributed by atoms with E-state index >= 15 is 0 Å². The minimum atomic E-state index is -0.483. The third kappa shape index (κ3) is 5.77. The Bertz CT molecular complexity index is 527. The van der Waals surface area contributed by atoms with Gasteiger partial charge in [0.2, 0.25) is 0 Å². The molecule has 120 valence electrons. The quantitative estimate of drug-likeness (QED) is 0.771. The van der Waals surface area contributed by atoms with Gasteiger partial charge in [-0.3, -0.25) is 4.90 Å². The van der Waals surface area contributed by atoms with Gasteiger partial charge < -0.3 is 14.6 Å². The summed E-state index contributed by atoms with van der Waals surface area (Å²) < 4.78 is 10.7. The highest BCUT2D eigenvalue weighted by atomic mass is 32.1. The van der Waals surface area contributed by atoms with Gasteiger partial charge in [-0.05, 0) is 36.2 Å². The average Bonchev–Trinajstić information content (AvgIpc) is 3.00. The second-order valence-corrected chi connectivity index (χ2v) is 6.33. The van der Waals surface area contributed by atoms with Crippen LogP contribution in [0.4, 0.5) is 0 Å². The van der Waals surface area contributed by atoms with Crippen molar-refractivity contribution >= 4 is 11.3 Å². The molecule has 0 aliphatic heterocycles. The van der Waals surface area contributed by atoms with Crippen LogP contribution in [0.15, 0.2) is 41.8 Å². The summed E-state index contributed by atoms with van der Waals surface area (Å²) in [5.74, 6) is 0.832. The summed E-state index contributed by atoms with van der Waals surface area (Å²) >= 11 is 1.73. The van der Waals surface area contributed by atoms with Crippen molar-refractivity contribution in [3.8, 4) is 5.75 Å². The SMILES string of the molecule is COc1ccc(COCC(O)CN(C)Cc2cccs2)cc1. The Kier molecular flexibility index (Phi) is 6.86. The summed E-state index contributed by atoms with van der Waals surface area (Å²) in [6.07, 6.45) is -0.483. The van der Waals surface area contributed by atoms with Crippen molar-refractivity contribution in [1.82, 2.24) is 4.90 Å². The number of nitrogens with zero attached hydrogens (tertiary/aromatic N) is 1. The van der Waals surface area contributed by atoms with E-state index in [2.05, 4.69) is 16.3 Å². The molecule has 1 atom stereocenters. The molecule has 0 saturated carbocycles. The number of benzene rings is 1. The van der Waals surface area contributed by atoms with E-state index in [-0.39, 0.29) is 0 Å². The van der Waals surface area contributed by atoms with Gasteiger partial charge in [-0.15, -0.1) is 11.3 Å². The highest BCUT2D eigenvalue weighted by molar-refractivity contribution is 7.09. The molecule has 2 rings (SSSR count). The minimum Gasteiger partial charge on any atom is -0.497 e. The minimum absolute atomic E-state index is 0.334. The van der Waals surface area contributed by atoms with Crippen molar-refractivity contribution in [2.75, 3.05) is 27.3 Å². The summed E-state index contributed by atoms with van der Waals surface area (Å²) in [6.45, 7) is 2.28. The number of hydrogen-bond donors (Lipinski definition) is 1. The maximum Gasteiger partial charge on any atom is 0.118 e. The number of ether oxygens (including phenoxy) is 2. The van der Waals surface area contributed by atoms with Crippen LogP contribution in [-0.4, -0.2) is 43.4 Å². The monoisotopic (exact) mass is 321 g/mol. The third-order valence-corrected chi connectivity index (χ3v) is 4.13. The molecule has 5 heteroatoms. The summed E-state index contributed by atoms with van der Waals surface area (Å²) in [7, 11) is 3.65. The van der Waals surface area contributed by atoms with Crippen LogP contribution in [0.3, 0.4) is 0 Å². The molecule has 0 amide bonds. The number of hydrogen-bond acceptors (Lipinski definition) is 5. The maximum atomic E-state index is 10.0. The summed E-state index contributed by atoms with van der Waals surface area (Å²) in [4.78, 5) is 3.40. The second-order valence-electron chi connectivity index (χ2n) is 5.29. The first-order valence-electron chi connectivity index (χ1n) is 7.27. The molecule has 1 aromatic heterocycles. The van der Waals surface area contributed by atoms with E-state index in [9.17, 15) is 5.11 Å². The van der Waals surface area contributed by atoms with Crippen molar-refractivity contribution in [1.29, 1.82) is 0 Å². The standard InChI is InChI=1S/C17H23NO3S/c1-18(11-17-4-3-9-22-17)10-15(19)13-21-12-14-5-7-16(20-2)8-6-14/h3-9,15,19H,10-13H2,1-2H3. The smallest absolute Gasteiger partial charge is 0.118 e. The fourth-order valence-electron chi connectivity index (χ4n) is 2.18. The number of rotatable bonds is 9. The predicted molar refractivity (Wildman–Crippen MR) is 89.3 cm³/mol. The Labute approximate surface area is 135 Å². The van der Waals surface area contributed by atoms with Gasteiger partial charge in [0, 0.05) is 18.0 Å². The number of aliphatic hydroxyl groups is 1. The van der Waals surface area contributed by atoms with Crippen molar-refractivity contribution in [2.45, 2.75) is 19.3 Å². The van der Waals surface area contributed by atoms with Crippen LogP contribution in [-0.2, 0) is 17.9 Å². The number of thiophene rings is 1. The first-order valence-corrected chi connectivity index (χ1v) is 8.15. The van der Waals surface area contributed by atoms with Crippen LogP contribution in [0.5, 0.6) is 5.75 Å². The molecular weight excluding hydrogens is 298 g/mol. The predicted octanol–water partition coefficient (Wildman–Crippen LogP) is 2.77. The van der Waals surface area contributed by atoms with Gasteiger partial charge in [0.15, 0.2) is 0 Å². The fourth-order valence-corrected chi connectivity index (χ4v) is 2.96. The van der Waals surface area contributed by atoms with Gasteiger partial charge >= 0.3 is 0 Å². The van der Waals surface area contributed by atoms with Gasteiger partial charge in [-0.25, -0.2) is 0 Å². The molecule has 4 nitrogen and oxygen atoms in total. The lowest BCUT2D eigenvalue weighted by molar-refractivity contribution is 0.0128. The lowest BCUT2D eigenvalue weighted by Crippen LogP contribution is -2.31. The second kappa shape index (κ2) is 8.90. The summed E-state index contributed by atoms with van der Waals surface area (Å²) in [6, 6.07) is 11.9. The Morgan fingerprint density at radius 1 is 1.23 bits per heavy atom. The lowest BCUT2D eigenvalue weighted by atomic mass is 10.2. The van der Waals surface area contributed by atoms with Gasteiger partial charge in [0.1, 0.15) is 5.75 Å². The van der Waals surface area contributed by atoms with Gasteiger partial charge in [0.05, 0.1) is 26.4 Å². The molecule has 0 saturated heterocycles. The molecule has 0 bridgehead atoms. The number of likely N-dealkylation sites (N-methyl/N-ethyl adjacent to an activating group) is 1. The Hall–Kier alpha value is -1.40. The molecule has 0 radical (unpaired) electrons. The molecule has 0 aliphatic carbocycles. The first kappa shape index (κ1) is 17.0. The Morgan fingerprint density at radius 3 is 2.64 bits per heavy atom. The Morgan fingerprint density at radius 2 is 2.00 bits per heavy atom.